The van der Waals surface area contributed by atoms with E-state index in [0.29, 0.717) is 12.1 Å². The van der Waals surface area contributed by atoms with Crippen LogP contribution in [-0.2, 0) is 41.7 Å². The number of anilines is 4. The monoisotopic (exact) mass is 1020 g/mol. The van der Waals surface area contributed by atoms with E-state index in [1.165, 1.54) is 20.1 Å². The van der Waals surface area contributed by atoms with Crippen LogP contribution in [0.15, 0.2) is 79.5 Å². The van der Waals surface area contributed by atoms with Gasteiger partial charge in [0.2, 0.25) is 11.9 Å². The predicted octanol–water partition coefficient (Wildman–Crippen LogP) is -9.36. The van der Waals surface area contributed by atoms with Crippen LogP contribution in [0.2, 0.25) is 0 Å². The second-order valence-electron chi connectivity index (χ2n) is 10.7. The predicted molar refractivity (Wildman–Crippen MR) is 187 cm³/mol. The van der Waals surface area contributed by atoms with Crippen molar-refractivity contribution in [3.05, 3.63) is 60.2 Å². The van der Waals surface area contributed by atoms with E-state index in [0.717, 1.165) is 36.4 Å². The molecule has 0 fully saturated rings. The van der Waals surface area contributed by atoms with Crippen molar-refractivity contribution in [2.45, 2.75) is 21.6 Å². The molecule has 302 valence electrons. The van der Waals surface area contributed by atoms with Crippen molar-refractivity contribution in [1.82, 2.24) is 15.0 Å². The zero-order chi connectivity index (χ0) is 42.0. The maximum atomic E-state index is 12.3. The molecular formula is C29H21K4N7O17S4. The number of nitrogens with zero attached hydrogens (tertiary/aromatic N) is 5. The van der Waals surface area contributed by atoms with E-state index in [1.54, 1.807) is 0 Å². The maximum absolute atomic E-state index is 12.3. The van der Waals surface area contributed by atoms with Gasteiger partial charge in [-0.15, -0.1) is 10.2 Å². The zero-order valence-corrected chi connectivity index (χ0v) is 48.0. The summed E-state index contributed by atoms with van der Waals surface area (Å²) in [5.74, 6) is -4.79. The Morgan fingerprint density at radius 3 is 1.93 bits per heavy atom. The van der Waals surface area contributed by atoms with E-state index < -0.39 is 125 Å². The van der Waals surface area contributed by atoms with Crippen molar-refractivity contribution in [2.24, 2.45) is 10.2 Å². The summed E-state index contributed by atoms with van der Waals surface area (Å²) in [6.07, 6.45) is 0. The minimum absolute atomic E-state index is 0. The number of rotatable bonds is 15. The Kier molecular flexibility index (Phi) is 24.3. The number of aromatic nitrogens is 3. The molecule has 0 aliphatic heterocycles. The molecule has 5 rings (SSSR count). The molecule has 0 spiro atoms. The fourth-order valence-corrected chi connectivity index (χ4v) is 6.93. The number of fused-ring (bicyclic) bond motifs is 1. The number of hydrogen-bond acceptors (Lipinski definition) is 23. The first kappa shape index (κ1) is 59.4. The van der Waals surface area contributed by atoms with Crippen molar-refractivity contribution in [3.8, 4) is 23.3 Å². The zero-order valence-electron chi connectivity index (χ0n) is 32.3. The van der Waals surface area contributed by atoms with Crippen LogP contribution in [0.1, 0.15) is 17.3 Å². The number of hydrogen-bond donors (Lipinski definition) is 4. The van der Waals surface area contributed by atoms with Crippen LogP contribution in [0.25, 0.3) is 10.8 Å². The minimum atomic E-state index is -5.41. The number of phenols is 1. The number of phenolic OH excluding ortho intramolecular Hbond substituents is 1. The fraction of sp³-hybridized carbons (Fsp3) is 0.103. The Labute approximate surface area is 518 Å². The van der Waals surface area contributed by atoms with Crippen LogP contribution in [0.5, 0.6) is 23.3 Å². The smallest absolute Gasteiger partial charge is 0.744 e. The largest absolute Gasteiger partial charge is 1.00 e. The Bertz CT molecular complexity index is 2860. The molecule has 5 aromatic rings. The topological polar surface area (TPSA) is 384 Å². The number of aromatic carboxylic acids is 1. The number of azo groups is 1. The first-order valence-electron chi connectivity index (χ1n) is 15.0. The summed E-state index contributed by atoms with van der Waals surface area (Å²) in [5, 5.41) is 32.3. The van der Waals surface area contributed by atoms with Crippen molar-refractivity contribution in [2.75, 3.05) is 24.4 Å². The molecule has 0 aliphatic carbocycles. The van der Waals surface area contributed by atoms with Gasteiger partial charge >= 0.3 is 218 Å². The second-order valence-corrected chi connectivity index (χ2v) is 15.4. The summed E-state index contributed by atoms with van der Waals surface area (Å²) in [4.78, 5) is 21.1. The number of ether oxygens (including phenoxy) is 2. The van der Waals surface area contributed by atoms with Crippen LogP contribution in [-0.4, -0.2) is 92.5 Å². The number of carboxylic acid groups (broad SMARTS) is 1. The third-order valence-corrected chi connectivity index (χ3v) is 10.1. The van der Waals surface area contributed by atoms with Crippen molar-refractivity contribution in [1.29, 1.82) is 0 Å². The molecule has 1 unspecified atom stereocenters. The summed E-state index contributed by atoms with van der Waals surface area (Å²) >= 11 is -3.45. The molecule has 0 saturated heterocycles. The molecule has 32 heteroatoms. The fourth-order valence-electron chi connectivity index (χ4n) is 4.87. The Morgan fingerprint density at radius 1 is 0.803 bits per heavy atom. The quantitative estimate of drug-likeness (QED) is 0.0327. The van der Waals surface area contributed by atoms with Gasteiger partial charge in [0.15, 0.2) is 17.2 Å². The molecule has 0 bridgehead atoms. The molecule has 0 amide bonds. The summed E-state index contributed by atoms with van der Waals surface area (Å²) in [6, 6.07) is 7.10. The molecule has 1 aromatic heterocycles. The molecule has 61 heavy (non-hydrogen) atoms. The Morgan fingerprint density at radius 2 is 1.41 bits per heavy atom. The first-order chi connectivity index (χ1) is 26.6. The van der Waals surface area contributed by atoms with Crippen LogP contribution >= 0.6 is 0 Å². The SMILES string of the molecule is CCOc1nc(Nc2cc(S(=O)(=O)[O-])ccc2C(=O)O)nc(Nc2ccc(S(=O)(=O)[O-])c3cc(OS(=O)[O-])c(N=Nc4ccc(OC)cc4S(=O)(=O)[O-])c(O)c23)n1.[K+].[K+].[K+].[K+]. The summed E-state index contributed by atoms with van der Waals surface area (Å²) < 4.78 is 146. The Balaban J connectivity index is 0.00000465. The van der Waals surface area contributed by atoms with Crippen LogP contribution in [0, 0.1) is 0 Å². The summed E-state index contributed by atoms with van der Waals surface area (Å²) in [7, 11) is -14.6. The van der Waals surface area contributed by atoms with E-state index in [4.69, 9.17) is 9.47 Å². The average molecular weight is 1020 g/mol. The first-order valence-corrected chi connectivity index (χ1v) is 20.2. The van der Waals surface area contributed by atoms with Crippen molar-refractivity contribution in [3.63, 3.8) is 0 Å². The molecule has 0 aliphatic rings. The number of carboxylic acids is 1. The standard InChI is InChI=1S/C29H25N7O17S4.4K/c1-3-52-29-33-27(32-28(34-29)31-19-11-14(55(42,43)44)5-6-15(19)26(38)39)30-18-8-9-21(56(45,46)47)16-12-20(53-54(40)41)24(25(37)23(16)18)36-35-17-7-4-13(51-2)10-22(17)57(48,49)50;;;;/h4-12,37H,3H2,1-2H3,(H,38,39)(H,40,41)(H,42,43,44)(H,45,46,47)(H,48,49,50)(H2,30,31,32,33,34);;;;/q;4*+1/p-4. The third-order valence-electron chi connectivity index (χ3n) is 7.19. The summed E-state index contributed by atoms with van der Waals surface area (Å²) in [6.45, 7) is 1.46. The molecule has 4 N–H and O–H groups in total. The average Bonchev–Trinajstić information content (AvgIpc) is 3.09. The maximum Gasteiger partial charge on any atom is 1.00 e. The van der Waals surface area contributed by atoms with Gasteiger partial charge in [0.25, 0.3) is 0 Å². The normalized spacial score (nSPS) is 11.8. The van der Waals surface area contributed by atoms with Gasteiger partial charge in [-0.1, -0.05) is 0 Å². The van der Waals surface area contributed by atoms with Crippen molar-refractivity contribution >= 4 is 93.1 Å². The second kappa shape index (κ2) is 25.0. The summed E-state index contributed by atoms with van der Waals surface area (Å²) in [5.41, 5.74) is -2.92. The van der Waals surface area contributed by atoms with E-state index in [9.17, 15) is 62.7 Å². The van der Waals surface area contributed by atoms with E-state index in [-0.39, 0.29) is 224 Å². The molecule has 4 aromatic carbocycles. The Hall–Kier alpha value is 0.405. The van der Waals surface area contributed by atoms with Gasteiger partial charge in [0.1, 0.15) is 53.2 Å². The number of benzene rings is 4. The van der Waals surface area contributed by atoms with E-state index in [1.807, 2.05) is 0 Å². The molecule has 24 nitrogen and oxygen atoms in total. The number of aromatic hydroxyl groups is 1. The third kappa shape index (κ3) is 15.5. The number of nitrogens with one attached hydrogen (secondary N) is 2. The van der Waals surface area contributed by atoms with Crippen LogP contribution < -0.4 is 230 Å². The number of methoxy groups -OCH3 is 1. The molecule has 1 heterocycles. The van der Waals surface area contributed by atoms with Gasteiger partial charge in [-0.2, -0.15) is 15.0 Å². The van der Waals surface area contributed by atoms with E-state index in [2.05, 4.69) is 40.0 Å². The van der Waals surface area contributed by atoms with Gasteiger partial charge in [-0.05, 0) is 61.5 Å². The van der Waals surface area contributed by atoms with Crippen molar-refractivity contribution < 1.29 is 282 Å². The molecule has 0 radical (unpaired) electrons. The van der Waals surface area contributed by atoms with Crippen LogP contribution in [0.4, 0.5) is 34.6 Å². The van der Waals surface area contributed by atoms with Crippen LogP contribution in [0.3, 0.4) is 0 Å². The van der Waals surface area contributed by atoms with E-state index >= 15 is 0 Å². The molecule has 0 saturated carbocycles. The van der Waals surface area contributed by atoms with Gasteiger partial charge < -0.3 is 52.7 Å². The molecule has 1 atom stereocenters. The van der Waals surface area contributed by atoms with Gasteiger partial charge in [0.05, 0.1) is 50.7 Å². The number of carbonyl (C=O) groups is 1. The minimum Gasteiger partial charge on any atom is -0.744 e. The van der Waals surface area contributed by atoms with Gasteiger partial charge in [-0.3, -0.25) is 0 Å². The molecular weight excluding hydrogens is 1000 g/mol. The van der Waals surface area contributed by atoms with Gasteiger partial charge in [0, 0.05) is 5.39 Å². The van der Waals surface area contributed by atoms with Gasteiger partial charge in [-0.25, -0.2) is 34.3 Å².